The Labute approximate surface area is 158 Å². The highest BCUT2D eigenvalue weighted by Gasteiger charge is 2.37. The van der Waals surface area contributed by atoms with Gasteiger partial charge in [-0.05, 0) is 25.3 Å². The summed E-state index contributed by atoms with van der Waals surface area (Å²) in [6.45, 7) is 3.55. The summed E-state index contributed by atoms with van der Waals surface area (Å²) in [7, 11) is 0. The van der Waals surface area contributed by atoms with Gasteiger partial charge in [-0.2, -0.15) is 0 Å². The summed E-state index contributed by atoms with van der Waals surface area (Å²) in [6, 6.07) is 8.75. The number of urea groups is 1. The highest BCUT2D eigenvalue weighted by molar-refractivity contribution is 5.86. The molecular weight excluding hydrogens is 348 g/mol. The lowest BCUT2D eigenvalue weighted by Crippen LogP contribution is -2.55. The molecule has 0 radical (unpaired) electrons. The second kappa shape index (κ2) is 8.85. The molecule has 4 amide bonds. The minimum atomic E-state index is -0.772. The lowest BCUT2D eigenvalue weighted by atomic mass is 9.98. The maximum Gasteiger partial charge on any atom is 0.317 e. The topological polar surface area (TPSA) is 99.8 Å². The number of nitrogens with one attached hydrogen (secondary N) is 3. The van der Waals surface area contributed by atoms with Gasteiger partial charge in [-0.15, -0.1) is 0 Å². The molecule has 0 saturated carbocycles. The number of benzene rings is 1. The summed E-state index contributed by atoms with van der Waals surface area (Å²) in [4.78, 5) is 38.2. The van der Waals surface area contributed by atoms with Crippen LogP contribution >= 0.6 is 0 Å². The van der Waals surface area contributed by atoms with E-state index in [1.807, 2.05) is 37.3 Å². The monoisotopic (exact) mass is 374 g/mol. The zero-order valence-corrected chi connectivity index (χ0v) is 15.4. The number of rotatable bonds is 4. The van der Waals surface area contributed by atoms with Gasteiger partial charge in [-0.25, -0.2) is 4.79 Å². The van der Waals surface area contributed by atoms with Gasteiger partial charge in [-0.3, -0.25) is 9.59 Å². The maximum absolute atomic E-state index is 12.8. The molecule has 0 spiro atoms. The Hall–Kier alpha value is -2.61. The van der Waals surface area contributed by atoms with E-state index in [-0.39, 0.29) is 30.5 Å². The van der Waals surface area contributed by atoms with E-state index in [0.717, 1.165) is 5.56 Å². The molecule has 2 heterocycles. The van der Waals surface area contributed by atoms with Crippen LogP contribution in [0.25, 0.3) is 0 Å². The van der Waals surface area contributed by atoms with Crippen LogP contribution in [0.4, 0.5) is 4.79 Å². The summed E-state index contributed by atoms with van der Waals surface area (Å²) >= 11 is 0. The largest absolute Gasteiger partial charge is 0.356 e. The van der Waals surface area contributed by atoms with E-state index in [4.69, 9.17) is 4.74 Å². The van der Waals surface area contributed by atoms with Crippen LogP contribution in [0, 0.1) is 0 Å². The fourth-order valence-electron chi connectivity index (χ4n) is 3.47. The van der Waals surface area contributed by atoms with Gasteiger partial charge < -0.3 is 25.6 Å². The first kappa shape index (κ1) is 19.2. The van der Waals surface area contributed by atoms with Crippen LogP contribution in [0.2, 0.25) is 0 Å². The van der Waals surface area contributed by atoms with E-state index in [1.165, 1.54) is 0 Å². The number of morpholine rings is 1. The summed E-state index contributed by atoms with van der Waals surface area (Å²) in [6.07, 6.45) is 0.613. The second-order valence-electron chi connectivity index (χ2n) is 6.79. The Bertz CT molecular complexity index is 674. The zero-order valence-electron chi connectivity index (χ0n) is 15.4. The SMILES string of the molecule is CCNC(=O)N1CCC(NC(=O)[C@H]2OCC(=O)N[C@@H]2c2ccccc2)CC1. The highest BCUT2D eigenvalue weighted by Crippen LogP contribution is 2.23. The molecule has 2 atom stereocenters. The highest BCUT2D eigenvalue weighted by atomic mass is 16.5. The third-order valence-corrected chi connectivity index (χ3v) is 4.89. The number of hydrogen-bond donors (Lipinski definition) is 3. The van der Waals surface area contributed by atoms with E-state index in [1.54, 1.807) is 4.90 Å². The van der Waals surface area contributed by atoms with Gasteiger partial charge in [-0.1, -0.05) is 30.3 Å². The van der Waals surface area contributed by atoms with Crippen LogP contribution in [0.1, 0.15) is 31.4 Å². The number of likely N-dealkylation sites (tertiary alicyclic amines) is 1. The molecule has 2 aliphatic rings. The fraction of sp³-hybridized carbons (Fsp3) is 0.526. The summed E-state index contributed by atoms with van der Waals surface area (Å²) in [5.74, 6) is -0.469. The molecule has 1 aromatic rings. The lowest BCUT2D eigenvalue weighted by Gasteiger charge is -2.35. The third-order valence-electron chi connectivity index (χ3n) is 4.89. The van der Waals surface area contributed by atoms with E-state index in [9.17, 15) is 14.4 Å². The van der Waals surface area contributed by atoms with E-state index in [0.29, 0.717) is 32.5 Å². The van der Waals surface area contributed by atoms with Crippen molar-refractivity contribution in [1.29, 1.82) is 0 Å². The van der Waals surface area contributed by atoms with Gasteiger partial charge in [0.15, 0.2) is 6.10 Å². The number of nitrogens with zero attached hydrogens (tertiary/aromatic N) is 1. The van der Waals surface area contributed by atoms with E-state index < -0.39 is 12.1 Å². The van der Waals surface area contributed by atoms with E-state index >= 15 is 0 Å². The maximum atomic E-state index is 12.8. The fourth-order valence-corrected chi connectivity index (χ4v) is 3.47. The van der Waals surface area contributed by atoms with Crippen LogP contribution in [-0.2, 0) is 14.3 Å². The molecule has 1 aromatic carbocycles. The van der Waals surface area contributed by atoms with Crippen molar-refractivity contribution in [2.24, 2.45) is 0 Å². The van der Waals surface area contributed by atoms with Gasteiger partial charge in [0.1, 0.15) is 6.61 Å². The molecule has 8 nitrogen and oxygen atoms in total. The normalized spacial score (nSPS) is 23.4. The zero-order chi connectivity index (χ0) is 19.2. The number of carbonyl (C=O) groups is 3. The van der Waals surface area contributed by atoms with Gasteiger partial charge in [0.25, 0.3) is 5.91 Å². The van der Waals surface area contributed by atoms with Crippen molar-refractivity contribution in [2.75, 3.05) is 26.2 Å². The van der Waals surface area contributed by atoms with E-state index in [2.05, 4.69) is 16.0 Å². The minimum Gasteiger partial charge on any atom is -0.356 e. The van der Waals surface area contributed by atoms with Crippen LogP contribution in [0.3, 0.4) is 0 Å². The standard InChI is InChI=1S/C19H26N4O4/c1-2-20-19(26)23-10-8-14(9-11-23)21-18(25)17-16(22-15(24)12-27-17)13-6-4-3-5-7-13/h3-7,14,16-17H,2,8-12H2,1H3,(H,20,26)(H,21,25)(H,22,24)/t16-,17+/m1/s1. The average molecular weight is 374 g/mol. The van der Waals surface area contributed by atoms with Gasteiger partial charge in [0, 0.05) is 25.7 Å². The smallest absolute Gasteiger partial charge is 0.317 e. The van der Waals surface area contributed by atoms with Crippen molar-refractivity contribution >= 4 is 17.8 Å². The molecule has 8 heteroatoms. The molecule has 0 bridgehead atoms. The van der Waals surface area contributed by atoms with Crippen LogP contribution in [-0.4, -0.2) is 61.1 Å². The minimum absolute atomic E-state index is 0.0131. The first-order valence-corrected chi connectivity index (χ1v) is 9.37. The van der Waals surface area contributed by atoms with Gasteiger partial charge in [0.05, 0.1) is 6.04 Å². The average Bonchev–Trinajstić information content (AvgIpc) is 2.69. The molecule has 146 valence electrons. The predicted molar refractivity (Wildman–Crippen MR) is 98.9 cm³/mol. The molecule has 0 aromatic heterocycles. The Morgan fingerprint density at radius 1 is 1.22 bits per heavy atom. The van der Waals surface area contributed by atoms with Gasteiger partial charge >= 0.3 is 6.03 Å². The number of amides is 4. The van der Waals surface area contributed by atoms with Crippen LogP contribution in [0.5, 0.6) is 0 Å². The first-order chi connectivity index (χ1) is 13.1. The molecular formula is C19H26N4O4. The third kappa shape index (κ3) is 4.77. The number of ether oxygens (including phenoxy) is 1. The number of piperidine rings is 1. The van der Waals surface area contributed by atoms with Crippen molar-refractivity contribution < 1.29 is 19.1 Å². The summed E-state index contributed by atoms with van der Waals surface area (Å²) in [5, 5.41) is 8.66. The van der Waals surface area contributed by atoms with Crippen LogP contribution < -0.4 is 16.0 Å². The first-order valence-electron chi connectivity index (χ1n) is 9.37. The van der Waals surface area contributed by atoms with Crippen molar-refractivity contribution in [3.05, 3.63) is 35.9 Å². The number of hydrogen-bond acceptors (Lipinski definition) is 4. The summed E-state index contributed by atoms with van der Waals surface area (Å²) in [5.41, 5.74) is 0.830. The molecule has 2 fully saturated rings. The molecule has 2 saturated heterocycles. The van der Waals surface area contributed by atoms with Crippen molar-refractivity contribution in [3.63, 3.8) is 0 Å². The van der Waals surface area contributed by atoms with Crippen molar-refractivity contribution in [2.45, 2.75) is 38.0 Å². The molecule has 2 aliphatic heterocycles. The molecule has 3 rings (SSSR count). The van der Waals surface area contributed by atoms with Gasteiger partial charge in [0.2, 0.25) is 5.91 Å². The second-order valence-corrected chi connectivity index (χ2v) is 6.79. The van der Waals surface area contributed by atoms with Crippen LogP contribution in [0.15, 0.2) is 30.3 Å². The quantitative estimate of drug-likeness (QED) is 0.717. The Balaban J connectivity index is 1.58. The number of carbonyl (C=O) groups excluding carboxylic acids is 3. The van der Waals surface area contributed by atoms with Crippen molar-refractivity contribution in [1.82, 2.24) is 20.9 Å². The Morgan fingerprint density at radius 3 is 2.59 bits per heavy atom. The molecule has 0 aliphatic carbocycles. The molecule has 0 unspecified atom stereocenters. The Kier molecular flexibility index (Phi) is 6.28. The molecule has 27 heavy (non-hydrogen) atoms. The summed E-state index contributed by atoms with van der Waals surface area (Å²) < 4.78 is 5.55. The van der Waals surface area contributed by atoms with Crippen molar-refractivity contribution in [3.8, 4) is 0 Å². The molecule has 3 N–H and O–H groups in total. The Morgan fingerprint density at radius 2 is 1.93 bits per heavy atom. The lowest BCUT2D eigenvalue weighted by molar-refractivity contribution is -0.148. The predicted octanol–water partition coefficient (Wildman–Crippen LogP) is 0.553.